The maximum Gasteiger partial charge on any atom is 0.194 e. The van der Waals surface area contributed by atoms with E-state index in [1.165, 1.54) is 4.21 Å². The lowest BCUT2D eigenvalue weighted by Gasteiger charge is -2.11. The molecule has 2 heterocycles. The number of anilines is 1. The third-order valence-electron chi connectivity index (χ3n) is 2.21. The molecule has 0 aromatic carbocycles. The molecule has 0 aliphatic rings. The van der Waals surface area contributed by atoms with Gasteiger partial charge in [-0.25, -0.2) is 9.97 Å². The van der Waals surface area contributed by atoms with E-state index in [4.69, 9.17) is 4.74 Å². The predicted molar refractivity (Wildman–Crippen MR) is 75.8 cm³/mol. The number of nitrogens with zero attached hydrogens (tertiary/aromatic N) is 2. The molecule has 0 amide bonds. The van der Waals surface area contributed by atoms with Crippen LogP contribution in [0.25, 0.3) is 0 Å². The summed E-state index contributed by atoms with van der Waals surface area (Å²) in [4.78, 5) is 8.51. The summed E-state index contributed by atoms with van der Waals surface area (Å²) >= 11 is 3.28. The van der Waals surface area contributed by atoms with Crippen molar-refractivity contribution in [1.29, 1.82) is 0 Å². The normalized spacial score (nSPS) is 10.3. The van der Waals surface area contributed by atoms with Crippen molar-refractivity contribution in [3.63, 3.8) is 0 Å². The van der Waals surface area contributed by atoms with E-state index in [0.29, 0.717) is 5.75 Å². The number of rotatable bonds is 6. The zero-order valence-corrected chi connectivity index (χ0v) is 12.0. The molecule has 4 nitrogen and oxygen atoms in total. The molecule has 96 valence electrons. The number of ether oxygens (including phenoxy) is 1. The molecule has 0 unspecified atom stereocenters. The molecule has 0 fully saturated rings. The van der Waals surface area contributed by atoms with Crippen LogP contribution in [0.5, 0.6) is 5.75 Å². The Hall–Kier alpha value is -1.27. The fourth-order valence-electron chi connectivity index (χ4n) is 1.40. The SMILES string of the molecule is CCCNc1ncnc(Sc2cccs2)c1OC. The molecule has 0 spiro atoms. The Morgan fingerprint density at radius 2 is 2.33 bits per heavy atom. The van der Waals surface area contributed by atoms with E-state index < -0.39 is 0 Å². The van der Waals surface area contributed by atoms with Gasteiger partial charge in [0.2, 0.25) is 0 Å². The highest BCUT2D eigenvalue weighted by Gasteiger charge is 2.13. The zero-order valence-electron chi connectivity index (χ0n) is 10.3. The van der Waals surface area contributed by atoms with Crippen LogP contribution in [0, 0.1) is 0 Å². The van der Waals surface area contributed by atoms with Crippen molar-refractivity contribution in [3.8, 4) is 5.75 Å². The van der Waals surface area contributed by atoms with Gasteiger partial charge in [0.15, 0.2) is 11.6 Å². The summed E-state index contributed by atoms with van der Waals surface area (Å²) in [7, 11) is 1.65. The first-order chi connectivity index (χ1) is 8.85. The number of hydrogen-bond acceptors (Lipinski definition) is 6. The van der Waals surface area contributed by atoms with Gasteiger partial charge in [-0.3, -0.25) is 0 Å². The van der Waals surface area contributed by atoms with Crippen LogP contribution in [0.4, 0.5) is 5.82 Å². The molecule has 0 saturated heterocycles. The molecule has 1 N–H and O–H groups in total. The van der Waals surface area contributed by atoms with E-state index in [0.717, 1.165) is 23.8 Å². The third-order valence-corrected chi connectivity index (χ3v) is 4.23. The maximum atomic E-state index is 5.42. The number of thiophene rings is 1. The van der Waals surface area contributed by atoms with Crippen LogP contribution in [-0.4, -0.2) is 23.6 Å². The van der Waals surface area contributed by atoms with Gasteiger partial charge in [-0.05, 0) is 17.9 Å². The van der Waals surface area contributed by atoms with E-state index in [1.807, 2.05) is 11.4 Å². The monoisotopic (exact) mass is 281 g/mol. The van der Waals surface area contributed by atoms with E-state index in [-0.39, 0.29) is 0 Å². The zero-order chi connectivity index (χ0) is 12.8. The van der Waals surface area contributed by atoms with Crippen molar-refractivity contribution in [2.24, 2.45) is 0 Å². The van der Waals surface area contributed by atoms with E-state index >= 15 is 0 Å². The largest absolute Gasteiger partial charge is 0.490 e. The first-order valence-electron chi connectivity index (χ1n) is 5.69. The van der Waals surface area contributed by atoms with Crippen LogP contribution in [0.3, 0.4) is 0 Å². The standard InChI is InChI=1S/C12H15N3OS2/c1-3-6-13-11-10(16-2)12(15-8-14-11)18-9-5-4-7-17-9/h4-5,7-8H,3,6H2,1-2H3,(H,13,14,15). The summed E-state index contributed by atoms with van der Waals surface area (Å²) in [6.45, 7) is 2.98. The molecule has 0 bridgehead atoms. The summed E-state index contributed by atoms with van der Waals surface area (Å²) in [5, 5.41) is 6.14. The van der Waals surface area contributed by atoms with Gasteiger partial charge in [-0.15, -0.1) is 11.3 Å². The molecule has 2 rings (SSSR count). The van der Waals surface area contributed by atoms with Gasteiger partial charge < -0.3 is 10.1 Å². The molecule has 0 atom stereocenters. The fourth-order valence-corrected chi connectivity index (χ4v) is 3.15. The van der Waals surface area contributed by atoms with Crippen molar-refractivity contribution >= 4 is 28.9 Å². The molecule has 18 heavy (non-hydrogen) atoms. The minimum absolute atomic E-state index is 0.712. The minimum Gasteiger partial charge on any atom is -0.490 e. The second-order valence-corrected chi connectivity index (χ2v) is 5.76. The van der Waals surface area contributed by atoms with E-state index in [2.05, 4.69) is 28.3 Å². The lowest BCUT2D eigenvalue weighted by molar-refractivity contribution is 0.400. The van der Waals surface area contributed by atoms with Gasteiger partial charge in [0, 0.05) is 6.54 Å². The van der Waals surface area contributed by atoms with Crippen LogP contribution in [0.2, 0.25) is 0 Å². The topological polar surface area (TPSA) is 47.0 Å². The van der Waals surface area contributed by atoms with Gasteiger partial charge in [-0.2, -0.15) is 0 Å². The Balaban J connectivity index is 2.23. The summed E-state index contributed by atoms with van der Waals surface area (Å²) in [5.74, 6) is 1.47. The molecule has 6 heteroatoms. The molecule has 0 saturated carbocycles. The average molecular weight is 281 g/mol. The van der Waals surface area contributed by atoms with Crippen LogP contribution < -0.4 is 10.1 Å². The Bertz CT molecular complexity index is 488. The Morgan fingerprint density at radius 3 is 3.00 bits per heavy atom. The first kappa shape index (κ1) is 13.2. The van der Waals surface area contributed by atoms with Gasteiger partial charge in [-0.1, -0.05) is 24.8 Å². The van der Waals surface area contributed by atoms with E-state index in [1.54, 1.807) is 36.5 Å². The Kier molecular flexibility index (Phi) is 4.83. The molecule has 0 aliphatic heterocycles. The molecule has 0 aliphatic carbocycles. The first-order valence-corrected chi connectivity index (χ1v) is 7.39. The fraction of sp³-hybridized carbons (Fsp3) is 0.333. The summed E-state index contributed by atoms with van der Waals surface area (Å²) in [6, 6.07) is 4.09. The van der Waals surface area contributed by atoms with Gasteiger partial charge in [0.1, 0.15) is 11.4 Å². The van der Waals surface area contributed by atoms with Gasteiger partial charge in [0.25, 0.3) is 0 Å². The van der Waals surface area contributed by atoms with Crippen molar-refractivity contribution in [2.75, 3.05) is 19.0 Å². The smallest absolute Gasteiger partial charge is 0.194 e. The lowest BCUT2D eigenvalue weighted by Crippen LogP contribution is -2.05. The summed E-state index contributed by atoms with van der Waals surface area (Å²) < 4.78 is 6.61. The summed E-state index contributed by atoms with van der Waals surface area (Å²) in [6.07, 6.45) is 2.61. The Labute approximate surface area is 115 Å². The van der Waals surface area contributed by atoms with Crippen LogP contribution >= 0.6 is 23.1 Å². The molecule has 2 aromatic heterocycles. The maximum absolute atomic E-state index is 5.42. The second-order valence-electron chi connectivity index (χ2n) is 3.52. The second kappa shape index (κ2) is 6.61. The van der Waals surface area contributed by atoms with Crippen LogP contribution in [0.1, 0.15) is 13.3 Å². The van der Waals surface area contributed by atoms with E-state index in [9.17, 15) is 0 Å². The molecule has 2 aromatic rings. The number of nitrogens with one attached hydrogen (secondary N) is 1. The molecular weight excluding hydrogens is 266 g/mol. The summed E-state index contributed by atoms with van der Waals surface area (Å²) in [5.41, 5.74) is 0. The molecule has 0 radical (unpaired) electrons. The molecular formula is C12H15N3OS2. The van der Waals surface area contributed by atoms with Crippen molar-refractivity contribution < 1.29 is 4.74 Å². The van der Waals surface area contributed by atoms with Crippen molar-refractivity contribution in [3.05, 3.63) is 23.8 Å². The van der Waals surface area contributed by atoms with Gasteiger partial charge >= 0.3 is 0 Å². The predicted octanol–water partition coefficient (Wildman–Crippen LogP) is 3.52. The van der Waals surface area contributed by atoms with Crippen LogP contribution in [-0.2, 0) is 0 Å². The average Bonchev–Trinajstić information content (AvgIpc) is 2.89. The van der Waals surface area contributed by atoms with Crippen LogP contribution in [0.15, 0.2) is 33.1 Å². The highest BCUT2D eigenvalue weighted by atomic mass is 32.2. The minimum atomic E-state index is 0.712. The highest BCUT2D eigenvalue weighted by Crippen LogP contribution is 2.38. The number of hydrogen-bond donors (Lipinski definition) is 1. The highest BCUT2D eigenvalue weighted by molar-refractivity contribution is 8.01. The number of methoxy groups -OCH3 is 1. The lowest BCUT2D eigenvalue weighted by atomic mass is 10.4. The quantitative estimate of drug-likeness (QED) is 0.821. The Morgan fingerprint density at radius 1 is 1.44 bits per heavy atom. The van der Waals surface area contributed by atoms with Gasteiger partial charge in [0.05, 0.1) is 11.3 Å². The van der Waals surface area contributed by atoms with Crippen molar-refractivity contribution in [1.82, 2.24) is 9.97 Å². The number of aromatic nitrogens is 2. The third kappa shape index (κ3) is 3.14. The van der Waals surface area contributed by atoms with Crippen molar-refractivity contribution in [2.45, 2.75) is 22.6 Å².